The van der Waals surface area contributed by atoms with E-state index in [4.69, 9.17) is 17.2 Å². The number of hydrogen-bond acceptors (Lipinski definition) is 8. The van der Waals surface area contributed by atoms with Crippen LogP contribution in [-0.4, -0.2) is 97.3 Å². The molecule has 0 saturated carbocycles. The van der Waals surface area contributed by atoms with Gasteiger partial charge in [-0.25, -0.2) is 0 Å². The Kier molecular flexibility index (Phi) is 14.5. The van der Waals surface area contributed by atoms with E-state index in [9.17, 15) is 32.7 Å². The summed E-state index contributed by atoms with van der Waals surface area (Å²) in [5.41, 5.74) is 17.4. The molecule has 11 nitrogen and oxygen atoms in total. The van der Waals surface area contributed by atoms with Crippen molar-refractivity contribution in [3.8, 4) is 0 Å². The average molecular weight is 610 g/mol. The summed E-state index contributed by atoms with van der Waals surface area (Å²) in [5.74, 6) is -1.55. The number of halogens is 3. The zero-order chi connectivity index (χ0) is 32.0. The first-order valence-electron chi connectivity index (χ1n) is 14.0. The Morgan fingerprint density at radius 2 is 1.56 bits per heavy atom. The maximum Gasteiger partial charge on any atom is 0.416 e. The highest BCUT2D eigenvalue weighted by atomic mass is 19.4. The minimum absolute atomic E-state index is 0.0595. The molecule has 0 aromatic heterocycles. The van der Waals surface area contributed by atoms with Crippen LogP contribution in [0.4, 0.5) is 13.2 Å². The lowest BCUT2D eigenvalue weighted by molar-refractivity contribution is -0.137. The Balaban J connectivity index is 2.01. The van der Waals surface area contributed by atoms with Gasteiger partial charge in [0.15, 0.2) is 0 Å². The van der Waals surface area contributed by atoms with Gasteiger partial charge >= 0.3 is 6.18 Å². The SMILES string of the molecule is CN(CCNC(=O)c1ccc(C(F)(F)F)cc1)C(O)C(CCc1ccccc1)NC(=O)C(N)CC(=O)N(CCN)CCN. The van der Waals surface area contributed by atoms with Crippen molar-refractivity contribution < 1.29 is 32.7 Å². The molecule has 2 aromatic carbocycles. The first-order chi connectivity index (χ1) is 20.4. The van der Waals surface area contributed by atoms with Crippen molar-refractivity contribution in [2.24, 2.45) is 17.2 Å². The normalized spacial score (nSPS) is 13.7. The predicted octanol–water partition coefficient (Wildman–Crippen LogP) is 0.266. The highest BCUT2D eigenvalue weighted by molar-refractivity contribution is 5.94. The molecule has 0 saturated heterocycles. The maximum atomic E-state index is 13.0. The molecular formula is C29H42F3N7O4. The molecule has 0 bridgehead atoms. The Bertz CT molecular complexity index is 1150. The fourth-order valence-corrected chi connectivity index (χ4v) is 4.33. The zero-order valence-electron chi connectivity index (χ0n) is 24.2. The summed E-state index contributed by atoms with van der Waals surface area (Å²) in [6, 6.07) is 11.3. The Labute approximate surface area is 249 Å². The van der Waals surface area contributed by atoms with Gasteiger partial charge in [0.1, 0.15) is 6.23 Å². The highest BCUT2D eigenvalue weighted by Crippen LogP contribution is 2.29. The Hall–Kier alpha value is -3.56. The smallest absolute Gasteiger partial charge is 0.376 e. The largest absolute Gasteiger partial charge is 0.416 e. The van der Waals surface area contributed by atoms with Crippen LogP contribution < -0.4 is 27.8 Å². The molecule has 0 radical (unpaired) electrons. The number of rotatable bonds is 17. The van der Waals surface area contributed by atoms with Crippen LogP contribution in [0.2, 0.25) is 0 Å². The molecule has 2 rings (SSSR count). The topological polar surface area (TPSA) is 180 Å². The zero-order valence-corrected chi connectivity index (χ0v) is 24.2. The Morgan fingerprint density at radius 1 is 0.953 bits per heavy atom. The van der Waals surface area contributed by atoms with E-state index < -0.39 is 41.9 Å². The van der Waals surface area contributed by atoms with Crippen molar-refractivity contribution in [1.82, 2.24) is 20.4 Å². The second-order valence-electron chi connectivity index (χ2n) is 10.1. The molecule has 238 valence electrons. The van der Waals surface area contributed by atoms with Gasteiger partial charge in [-0.2, -0.15) is 13.2 Å². The number of alkyl halides is 3. The van der Waals surface area contributed by atoms with Crippen LogP contribution in [0.5, 0.6) is 0 Å². The molecule has 0 aliphatic rings. The van der Waals surface area contributed by atoms with Gasteiger partial charge in [-0.05, 0) is 49.7 Å². The summed E-state index contributed by atoms with van der Waals surface area (Å²) in [4.78, 5) is 41.0. The van der Waals surface area contributed by atoms with E-state index in [2.05, 4.69) is 10.6 Å². The molecule has 3 atom stereocenters. The van der Waals surface area contributed by atoms with Gasteiger partial charge < -0.3 is 37.8 Å². The number of hydrogen-bond donors (Lipinski definition) is 6. The van der Waals surface area contributed by atoms with Crippen molar-refractivity contribution in [3.63, 3.8) is 0 Å². The third kappa shape index (κ3) is 11.9. The Morgan fingerprint density at radius 3 is 2.12 bits per heavy atom. The minimum atomic E-state index is -4.50. The molecule has 3 amide bonds. The molecule has 9 N–H and O–H groups in total. The molecule has 14 heteroatoms. The van der Waals surface area contributed by atoms with Gasteiger partial charge in [-0.15, -0.1) is 0 Å². The first kappa shape index (κ1) is 35.6. The van der Waals surface area contributed by atoms with Crippen molar-refractivity contribution in [2.75, 3.05) is 46.3 Å². The number of nitrogens with one attached hydrogen (secondary N) is 2. The number of benzene rings is 2. The summed E-state index contributed by atoms with van der Waals surface area (Å²) in [7, 11) is 1.59. The van der Waals surface area contributed by atoms with E-state index in [1.165, 1.54) is 9.80 Å². The van der Waals surface area contributed by atoms with E-state index >= 15 is 0 Å². The average Bonchev–Trinajstić information content (AvgIpc) is 2.98. The van der Waals surface area contributed by atoms with Gasteiger partial charge in [-0.3, -0.25) is 19.3 Å². The fraction of sp³-hybridized carbons (Fsp3) is 0.483. The molecule has 0 heterocycles. The molecule has 43 heavy (non-hydrogen) atoms. The minimum Gasteiger partial charge on any atom is -0.376 e. The van der Waals surface area contributed by atoms with Crippen LogP contribution in [0.25, 0.3) is 0 Å². The monoisotopic (exact) mass is 609 g/mol. The van der Waals surface area contributed by atoms with Crippen molar-refractivity contribution >= 4 is 17.7 Å². The van der Waals surface area contributed by atoms with Crippen LogP contribution in [0.1, 0.15) is 34.3 Å². The summed E-state index contributed by atoms with van der Waals surface area (Å²) in [5, 5.41) is 16.5. The van der Waals surface area contributed by atoms with Gasteiger partial charge in [0, 0.05) is 44.8 Å². The van der Waals surface area contributed by atoms with Crippen LogP contribution in [0, 0.1) is 0 Å². The van der Waals surface area contributed by atoms with E-state index in [0.29, 0.717) is 12.8 Å². The number of nitrogens with zero attached hydrogens (tertiary/aromatic N) is 2. The van der Waals surface area contributed by atoms with E-state index in [1.54, 1.807) is 7.05 Å². The number of carbonyl (C=O) groups excluding carboxylic acids is 3. The van der Waals surface area contributed by atoms with Crippen molar-refractivity contribution in [1.29, 1.82) is 0 Å². The number of amides is 3. The number of carbonyl (C=O) groups is 3. The lowest BCUT2D eigenvalue weighted by atomic mass is 10.0. The third-order valence-electron chi connectivity index (χ3n) is 6.83. The molecular weight excluding hydrogens is 567 g/mol. The van der Waals surface area contributed by atoms with Gasteiger partial charge in [-0.1, -0.05) is 30.3 Å². The lowest BCUT2D eigenvalue weighted by Gasteiger charge is -2.32. The summed E-state index contributed by atoms with van der Waals surface area (Å²) in [6.07, 6.45) is -5.10. The van der Waals surface area contributed by atoms with Gasteiger partial charge in [0.2, 0.25) is 11.8 Å². The second kappa shape index (κ2) is 17.5. The molecule has 2 aromatic rings. The number of nitrogens with two attached hydrogens (primary N) is 3. The van der Waals surface area contributed by atoms with Crippen LogP contribution in [0.15, 0.2) is 54.6 Å². The van der Waals surface area contributed by atoms with E-state index in [-0.39, 0.29) is 57.2 Å². The lowest BCUT2D eigenvalue weighted by Crippen LogP contribution is -2.55. The van der Waals surface area contributed by atoms with Crippen LogP contribution in [-0.2, 0) is 22.2 Å². The quantitative estimate of drug-likeness (QED) is 0.138. The maximum absolute atomic E-state index is 13.0. The van der Waals surface area contributed by atoms with E-state index in [0.717, 1.165) is 29.8 Å². The fourth-order valence-electron chi connectivity index (χ4n) is 4.33. The summed E-state index contributed by atoms with van der Waals surface area (Å²) in [6.45, 7) is 1.25. The van der Waals surface area contributed by atoms with Gasteiger partial charge in [0.25, 0.3) is 5.91 Å². The van der Waals surface area contributed by atoms with Crippen LogP contribution in [0.3, 0.4) is 0 Å². The third-order valence-corrected chi connectivity index (χ3v) is 6.83. The molecule has 0 aliphatic heterocycles. The first-order valence-corrected chi connectivity index (χ1v) is 14.0. The van der Waals surface area contributed by atoms with Crippen molar-refractivity contribution in [3.05, 3.63) is 71.3 Å². The number of aryl methyl sites for hydroxylation is 1. The van der Waals surface area contributed by atoms with Crippen LogP contribution >= 0.6 is 0 Å². The predicted molar refractivity (Wildman–Crippen MR) is 156 cm³/mol. The molecule has 0 fully saturated rings. The summed E-state index contributed by atoms with van der Waals surface area (Å²) >= 11 is 0. The molecule has 0 spiro atoms. The number of aliphatic hydroxyl groups excluding tert-OH is 1. The molecule has 3 unspecified atom stereocenters. The van der Waals surface area contributed by atoms with E-state index in [1.807, 2.05) is 30.3 Å². The standard InChI is InChI=1S/C29H42F3N7O4/c1-38(18-15-36-26(41)21-8-10-22(11-9-21)29(30,31)32)28(43)24(12-7-20-5-3-2-4-6-20)37-27(42)23(35)19-25(40)39(16-13-33)17-14-34/h2-6,8-11,23-24,28,43H,7,12-19,33-35H2,1H3,(H,36,41)(H,37,42). The number of aliphatic hydroxyl groups is 1. The molecule has 0 aliphatic carbocycles. The van der Waals surface area contributed by atoms with Crippen molar-refractivity contribution in [2.45, 2.75) is 43.8 Å². The summed E-state index contributed by atoms with van der Waals surface area (Å²) < 4.78 is 38.4. The van der Waals surface area contributed by atoms with Gasteiger partial charge in [0.05, 0.1) is 24.1 Å². The number of likely N-dealkylation sites (N-methyl/N-ethyl adjacent to an activating group) is 1. The second-order valence-corrected chi connectivity index (χ2v) is 10.1. The highest BCUT2D eigenvalue weighted by Gasteiger charge is 2.31.